The van der Waals surface area contributed by atoms with Crippen LogP contribution >= 0.6 is 0 Å². The fourth-order valence-corrected chi connectivity index (χ4v) is 7.13. The van der Waals surface area contributed by atoms with Crippen LogP contribution in [0, 0.1) is 5.82 Å². The number of aromatic nitrogens is 1. The fourth-order valence-electron chi connectivity index (χ4n) is 7.13. The van der Waals surface area contributed by atoms with Gasteiger partial charge in [0.15, 0.2) is 6.29 Å². The Kier molecular flexibility index (Phi) is 11.5. The van der Waals surface area contributed by atoms with Crippen molar-refractivity contribution in [1.82, 2.24) is 20.1 Å². The molecule has 298 valence electrons. The third kappa shape index (κ3) is 9.38. The number of carbonyl (C=O) groups is 2. The van der Waals surface area contributed by atoms with Gasteiger partial charge in [0.2, 0.25) is 5.91 Å². The Bertz CT molecular complexity index is 2220. The summed E-state index contributed by atoms with van der Waals surface area (Å²) in [5.74, 6) is -1.07. The van der Waals surface area contributed by atoms with Gasteiger partial charge < -0.3 is 24.7 Å². The molecular weight excluding hydrogens is 757 g/mol. The van der Waals surface area contributed by atoms with Crippen molar-refractivity contribution in [2.45, 2.75) is 44.3 Å². The molecule has 2 N–H and O–H groups in total. The number of alkyl halides is 6. The molecule has 3 heterocycles. The lowest BCUT2D eigenvalue weighted by Crippen LogP contribution is -2.52. The molecular formula is C42H37F7N4O4. The van der Waals surface area contributed by atoms with Gasteiger partial charge in [-0.2, -0.15) is 26.3 Å². The summed E-state index contributed by atoms with van der Waals surface area (Å²) in [7, 11) is 0. The summed E-state index contributed by atoms with van der Waals surface area (Å²) in [5, 5.41) is 3.84. The lowest BCUT2D eigenvalue weighted by molar-refractivity contribution is -0.217. The van der Waals surface area contributed by atoms with E-state index in [1.54, 1.807) is 6.07 Å². The van der Waals surface area contributed by atoms with Crippen LogP contribution in [0.3, 0.4) is 0 Å². The highest BCUT2D eigenvalue weighted by Crippen LogP contribution is 2.38. The topological polar surface area (TPSA) is 86.9 Å². The van der Waals surface area contributed by atoms with Crippen molar-refractivity contribution >= 4 is 28.3 Å². The van der Waals surface area contributed by atoms with Gasteiger partial charge >= 0.3 is 12.4 Å². The molecule has 57 heavy (non-hydrogen) atoms. The number of rotatable bonds is 10. The number of aromatic amines is 1. The average molecular weight is 795 g/mol. The number of hydrogen-bond acceptors (Lipinski definition) is 5. The number of fused-ring (bicyclic) bond motifs is 1. The second-order valence-electron chi connectivity index (χ2n) is 13.9. The Morgan fingerprint density at radius 3 is 2.25 bits per heavy atom. The molecule has 15 heteroatoms. The minimum Gasteiger partial charge on any atom is -0.361 e. The number of nitrogens with one attached hydrogen (secondary N) is 2. The van der Waals surface area contributed by atoms with Crippen LogP contribution in [0.15, 0.2) is 103 Å². The molecule has 5 aromatic rings. The monoisotopic (exact) mass is 794 g/mol. The van der Waals surface area contributed by atoms with Crippen LogP contribution < -0.4 is 5.32 Å². The molecule has 0 aliphatic carbocycles. The summed E-state index contributed by atoms with van der Waals surface area (Å²) in [6, 6.07) is 20.5. The number of benzene rings is 4. The maximum absolute atomic E-state index is 14.0. The van der Waals surface area contributed by atoms with Crippen LogP contribution in [0.5, 0.6) is 0 Å². The molecule has 1 saturated heterocycles. The Labute approximate surface area is 322 Å². The van der Waals surface area contributed by atoms with E-state index in [1.807, 2.05) is 59.6 Å². The molecule has 0 radical (unpaired) electrons. The average Bonchev–Trinajstić information content (AvgIpc) is 3.63. The van der Waals surface area contributed by atoms with Gasteiger partial charge in [-0.25, -0.2) is 4.39 Å². The van der Waals surface area contributed by atoms with E-state index in [-0.39, 0.29) is 37.6 Å². The normalized spacial score (nSPS) is 18.1. The van der Waals surface area contributed by atoms with Gasteiger partial charge in [-0.05, 0) is 77.2 Å². The van der Waals surface area contributed by atoms with Gasteiger partial charge in [0, 0.05) is 54.4 Å². The lowest BCUT2D eigenvalue weighted by atomic mass is 9.97. The first-order chi connectivity index (χ1) is 27.2. The molecule has 4 aromatic carbocycles. The summed E-state index contributed by atoms with van der Waals surface area (Å²) in [4.78, 5) is 33.7. The Morgan fingerprint density at radius 1 is 0.860 bits per heavy atom. The summed E-state index contributed by atoms with van der Waals surface area (Å²) in [6.07, 6.45) is -6.86. The van der Waals surface area contributed by atoms with Gasteiger partial charge in [-0.3, -0.25) is 14.5 Å². The van der Waals surface area contributed by atoms with E-state index >= 15 is 0 Å². The zero-order valence-electron chi connectivity index (χ0n) is 30.3. The smallest absolute Gasteiger partial charge is 0.361 e. The first-order valence-electron chi connectivity index (χ1n) is 18.1. The molecule has 1 aromatic heterocycles. The van der Waals surface area contributed by atoms with E-state index in [2.05, 4.69) is 10.3 Å². The van der Waals surface area contributed by atoms with Gasteiger partial charge in [0.25, 0.3) is 5.91 Å². The van der Waals surface area contributed by atoms with Gasteiger partial charge in [-0.1, -0.05) is 48.5 Å². The minimum atomic E-state index is -5.04. The van der Waals surface area contributed by atoms with Gasteiger partial charge in [-0.15, -0.1) is 0 Å². The highest BCUT2D eigenvalue weighted by molar-refractivity contribution is 6.01. The number of morpholine rings is 1. The van der Waals surface area contributed by atoms with Crippen LogP contribution in [0.4, 0.5) is 30.7 Å². The lowest BCUT2D eigenvalue weighted by Gasteiger charge is -2.42. The van der Waals surface area contributed by atoms with Gasteiger partial charge in [0.05, 0.1) is 30.9 Å². The number of amides is 2. The maximum Gasteiger partial charge on any atom is 0.416 e. The highest BCUT2D eigenvalue weighted by atomic mass is 19.4. The largest absolute Gasteiger partial charge is 0.416 e. The third-order valence-electron chi connectivity index (χ3n) is 10.0. The predicted octanol–water partition coefficient (Wildman–Crippen LogP) is 8.51. The molecule has 1 fully saturated rings. The molecule has 2 aliphatic rings. The van der Waals surface area contributed by atoms with Gasteiger partial charge in [0.1, 0.15) is 11.9 Å². The second-order valence-corrected chi connectivity index (χ2v) is 13.9. The molecule has 2 aliphatic heterocycles. The van der Waals surface area contributed by atoms with Crippen molar-refractivity contribution in [3.05, 3.63) is 148 Å². The Morgan fingerprint density at radius 2 is 1.58 bits per heavy atom. The number of carbonyl (C=O) groups excluding carboxylic acids is 2. The van der Waals surface area contributed by atoms with Crippen molar-refractivity contribution in [2.24, 2.45) is 0 Å². The van der Waals surface area contributed by atoms with E-state index < -0.39 is 53.8 Å². The standard InChI is InChI=1S/C42H37F7N4O4/c43-33-9-6-29(7-10-33)38-40(57-25-27-18-31(41(44,45)46)21-32(19-27)42(47,48)49)56-17-16-53(38)37(54)24-52-14-12-28(13-15-52)35-23-50-36-11-8-30(20-34(35)36)39(55)51-22-26-4-2-1-3-5-26/h1-12,18-21,23,38,40,50H,13-17,22,24-25H2,(H,51,55). The van der Waals surface area contributed by atoms with E-state index in [0.717, 1.165) is 27.6 Å². The van der Waals surface area contributed by atoms with Crippen molar-refractivity contribution < 1.29 is 49.8 Å². The summed E-state index contributed by atoms with van der Waals surface area (Å²) < 4.78 is 107. The molecule has 2 unspecified atom stereocenters. The van der Waals surface area contributed by atoms with Crippen LogP contribution in [0.2, 0.25) is 0 Å². The van der Waals surface area contributed by atoms with Crippen LogP contribution in [0.25, 0.3) is 16.5 Å². The molecule has 7 rings (SSSR count). The number of ether oxygens (including phenoxy) is 2. The predicted molar refractivity (Wildman–Crippen MR) is 197 cm³/mol. The molecule has 8 nitrogen and oxygen atoms in total. The van der Waals surface area contributed by atoms with E-state index in [9.17, 15) is 40.3 Å². The number of hydrogen-bond donors (Lipinski definition) is 2. The summed E-state index contributed by atoms with van der Waals surface area (Å²) >= 11 is 0. The summed E-state index contributed by atoms with van der Waals surface area (Å²) in [6.45, 7) is 0.709. The second kappa shape index (κ2) is 16.5. The highest BCUT2D eigenvalue weighted by Gasteiger charge is 2.39. The van der Waals surface area contributed by atoms with Crippen molar-refractivity contribution in [3.63, 3.8) is 0 Å². The fraction of sp³-hybridized carbons (Fsp3) is 0.286. The van der Waals surface area contributed by atoms with Crippen molar-refractivity contribution in [2.75, 3.05) is 32.8 Å². The van der Waals surface area contributed by atoms with Crippen molar-refractivity contribution in [3.8, 4) is 0 Å². The minimum absolute atomic E-state index is 0.0175. The Hall–Kier alpha value is -5.51. The van der Waals surface area contributed by atoms with Crippen LogP contribution in [-0.4, -0.2) is 65.7 Å². The molecule has 0 bridgehead atoms. The zero-order valence-corrected chi connectivity index (χ0v) is 30.3. The van der Waals surface area contributed by atoms with E-state index in [1.165, 1.54) is 29.2 Å². The first kappa shape index (κ1) is 39.7. The number of halogens is 7. The quantitative estimate of drug-likeness (QED) is 0.139. The SMILES string of the molecule is O=C(NCc1ccccc1)c1ccc2[nH]cc(C3=CCN(CC(=O)N4CCOC(OCc5cc(C(F)(F)F)cc(C(F)(F)F)c5)C4c4ccc(F)cc4)CC3)c2c1. The summed E-state index contributed by atoms with van der Waals surface area (Å²) in [5.41, 5.74) is 1.40. The molecule has 2 atom stereocenters. The maximum atomic E-state index is 14.0. The number of H-pyrrole nitrogens is 1. The third-order valence-corrected chi connectivity index (χ3v) is 10.0. The number of nitrogens with zero attached hydrogens (tertiary/aromatic N) is 2. The Balaban J connectivity index is 1.04. The molecule has 2 amide bonds. The molecule has 0 spiro atoms. The van der Waals surface area contributed by atoms with Crippen LogP contribution in [-0.2, 0) is 39.8 Å². The molecule has 0 saturated carbocycles. The van der Waals surface area contributed by atoms with Crippen molar-refractivity contribution in [1.29, 1.82) is 0 Å². The van der Waals surface area contributed by atoms with Crippen LogP contribution in [0.1, 0.15) is 56.2 Å². The van der Waals surface area contributed by atoms with E-state index in [4.69, 9.17) is 9.47 Å². The first-order valence-corrected chi connectivity index (χ1v) is 18.1. The van der Waals surface area contributed by atoms with E-state index in [0.29, 0.717) is 49.3 Å². The zero-order chi connectivity index (χ0) is 40.3.